The number of anilines is 1. The first-order valence-electron chi connectivity index (χ1n) is 8.14. The highest BCUT2D eigenvalue weighted by atomic mass is 19.2. The van der Waals surface area contributed by atoms with E-state index in [1.807, 2.05) is 19.1 Å². The maximum atomic E-state index is 13.3. The van der Waals surface area contributed by atoms with E-state index in [1.165, 1.54) is 10.7 Å². The van der Waals surface area contributed by atoms with Gasteiger partial charge in [-0.3, -0.25) is 4.79 Å². The van der Waals surface area contributed by atoms with Gasteiger partial charge in [-0.05, 0) is 37.3 Å². The predicted octanol–water partition coefficient (Wildman–Crippen LogP) is 3.92. The summed E-state index contributed by atoms with van der Waals surface area (Å²) in [5.74, 6) is -1.76. The van der Waals surface area contributed by atoms with Gasteiger partial charge in [-0.1, -0.05) is 0 Å². The SMILES string of the molecule is Cc1nn(CC(=O)Nc2ccc(F)c(F)c2)c2nccc(-c3ccco3)c12. The molecule has 1 aromatic carbocycles. The highest BCUT2D eigenvalue weighted by Gasteiger charge is 2.17. The third-order valence-electron chi connectivity index (χ3n) is 4.09. The Hall–Kier alpha value is -3.55. The van der Waals surface area contributed by atoms with Crippen LogP contribution in [0.3, 0.4) is 0 Å². The van der Waals surface area contributed by atoms with Crippen molar-refractivity contribution in [3.63, 3.8) is 0 Å². The lowest BCUT2D eigenvalue weighted by Crippen LogP contribution is -2.20. The van der Waals surface area contributed by atoms with Crippen LogP contribution in [-0.2, 0) is 11.3 Å². The molecule has 0 spiro atoms. The van der Waals surface area contributed by atoms with Crippen LogP contribution in [0.2, 0.25) is 0 Å². The first-order valence-corrected chi connectivity index (χ1v) is 8.14. The molecule has 4 rings (SSSR count). The number of halogens is 2. The molecule has 0 saturated carbocycles. The number of pyridine rings is 1. The lowest BCUT2D eigenvalue weighted by Gasteiger charge is -2.06. The van der Waals surface area contributed by atoms with E-state index in [0.29, 0.717) is 17.1 Å². The first-order chi connectivity index (χ1) is 13.0. The molecule has 3 heterocycles. The minimum absolute atomic E-state index is 0.127. The number of nitrogens with one attached hydrogen (secondary N) is 1. The van der Waals surface area contributed by atoms with Crippen molar-refractivity contribution in [3.8, 4) is 11.3 Å². The zero-order chi connectivity index (χ0) is 19.0. The van der Waals surface area contributed by atoms with E-state index in [9.17, 15) is 13.6 Å². The summed E-state index contributed by atoms with van der Waals surface area (Å²) < 4.78 is 33.2. The lowest BCUT2D eigenvalue weighted by molar-refractivity contribution is -0.116. The van der Waals surface area contributed by atoms with Crippen LogP contribution in [0.15, 0.2) is 53.3 Å². The highest BCUT2D eigenvalue weighted by Crippen LogP contribution is 2.30. The standard InChI is InChI=1S/C19H14F2N4O2/c1-11-18-13(16-3-2-8-27-16)6-7-22-19(18)25(24-11)10-17(26)23-12-4-5-14(20)15(21)9-12/h2-9H,10H2,1H3,(H,23,26). The minimum Gasteiger partial charge on any atom is -0.464 e. The zero-order valence-electron chi connectivity index (χ0n) is 14.2. The Labute approximate surface area is 152 Å². The van der Waals surface area contributed by atoms with Gasteiger partial charge in [0.25, 0.3) is 0 Å². The van der Waals surface area contributed by atoms with Gasteiger partial charge in [0.1, 0.15) is 12.3 Å². The van der Waals surface area contributed by atoms with Crippen LogP contribution in [0.1, 0.15) is 5.69 Å². The molecule has 0 aliphatic carbocycles. The van der Waals surface area contributed by atoms with Crippen LogP contribution in [0.5, 0.6) is 0 Å². The van der Waals surface area contributed by atoms with Crippen LogP contribution in [0.25, 0.3) is 22.4 Å². The molecule has 0 aliphatic rings. The summed E-state index contributed by atoms with van der Waals surface area (Å²) in [5, 5.41) is 7.70. The van der Waals surface area contributed by atoms with Crippen molar-refractivity contribution in [1.29, 1.82) is 0 Å². The van der Waals surface area contributed by atoms with Crippen LogP contribution in [0.4, 0.5) is 14.5 Å². The van der Waals surface area contributed by atoms with Crippen molar-refractivity contribution in [2.45, 2.75) is 13.5 Å². The molecule has 136 valence electrons. The zero-order valence-corrected chi connectivity index (χ0v) is 14.2. The maximum Gasteiger partial charge on any atom is 0.246 e. The number of aryl methyl sites for hydroxylation is 1. The van der Waals surface area contributed by atoms with Crippen molar-refractivity contribution >= 4 is 22.6 Å². The van der Waals surface area contributed by atoms with E-state index in [-0.39, 0.29) is 12.2 Å². The summed E-state index contributed by atoms with van der Waals surface area (Å²) in [6.07, 6.45) is 3.20. The maximum absolute atomic E-state index is 13.3. The van der Waals surface area contributed by atoms with Crippen molar-refractivity contribution in [1.82, 2.24) is 14.8 Å². The molecule has 0 unspecified atom stereocenters. The third-order valence-corrected chi connectivity index (χ3v) is 4.09. The van der Waals surface area contributed by atoms with Gasteiger partial charge in [-0.15, -0.1) is 0 Å². The van der Waals surface area contributed by atoms with Gasteiger partial charge in [-0.25, -0.2) is 18.4 Å². The van der Waals surface area contributed by atoms with Crippen molar-refractivity contribution < 1.29 is 18.0 Å². The molecule has 0 radical (unpaired) electrons. The summed E-state index contributed by atoms with van der Waals surface area (Å²) in [4.78, 5) is 16.6. The third kappa shape index (κ3) is 3.17. The van der Waals surface area contributed by atoms with E-state index >= 15 is 0 Å². The van der Waals surface area contributed by atoms with E-state index < -0.39 is 17.5 Å². The fourth-order valence-corrected chi connectivity index (χ4v) is 2.94. The van der Waals surface area contributed by atoms with E-state index in [4.69, 9.17) is 4.42 Å². The predicted molar refractivity (Wildman–Crippen MR) is 95.0 cm³/mol. The largest absolute Gasteiger partial charge is 0.464 e. The van der Waals surface area contributed by atoms with Gasteiger partial charge >= 0.3 is 0 Å². The first kappa shape index (κ1) is 16.9. The molecule has 0 saturated heterocycles. The summed E-state index contributed by atoms with van der Waals surface area (Å²) in [6.45, 7) is 1.69. The van der Waals surface area contributed by atoms with Crippen LogP contribution in [-0.4, -0.2) is 20.7 Å². The van der Waals surface area contributed by atoms with E-state index in [2.05, 4.69) is 15.4 Å². The van der Waals surface area contributed by atoms with Crippen molar-refractivity contribution in [3.05, 3.63) is 66.2 Å². The van der Waals surface area contributed by atoms with E-state index in [1.54, 1.807) is 18.5 Å². The van der Waals surface area contributed by atoms with Crippen molar-refractivity contribution in [2.75, 3.05) is 5.32 Å². The highest BCUT2D eigenvalue weighted by molar-refractivity contribution is 5.95. The number of aromatic nitrogens is 3. The normalized spacial score (nSPS) is 11.1. The summed E-state index contributed by atoms with van der Waals surface area (Å²) in [7, 11) is 0. The topological polar surface area (TPSA) is 73.0 Å². The second-order valence-corrected chi connectivity index (χ2v) is 5.95. The number of furan rings is 1. The lowest BCUT2D eigenvalue weighted by atomic mass is 10.1. The molecule has 0 bridgehead atoms. The van der Waals surface area contributed by atoms with Crippen LogP contribution < -0.4 is 5.32 Å². The summed E-state index contributed by atoms with van der Waals surface area (Å²) in [6, 6.07) is 8.61. The molecule has 27 heavy (non-hydrogen) atoms. The molecule has 1 amide bonds. The fourth-order valence-electron chi connectivity index (χ4n) is 2.94. The summed E-state index contributed by atoms with van der Waals surface area (Å²) >= 11 is 0. The molecule has 1 N–H and O–H groups in total. The molecule has 0 fully saturated rings. The van der Waals surface area contributed by atoms with Gasteiger partial charge < -0.3 is 9.73 Å². The Morgan fingerprint density at radius 3 is 2.81 bits per heavy atom. The molecular formula is C19H14F2N4O2. The van der Waals surface area contributed by atoms with E-state index in [0.717, 1.165) is 23.1 Å². The molecule has 0 aliphatic heterocycles. The van der Waals surface area contributed by atoms with Crippen LogP contribution >= 0.6 is 0 Å². The summed E-state index contributed by atoms with van der Waals surface area (Å²) in [5.41, 5.74) is 2.22. The molecule has 4 aromatic rings. The Morgan fingerprint density at radius 2 is 2.07 bits per heavy atom. The number of hydrogen-bond donors (Lipinski definition) is 1. The number of fused-ring (bicyclic) bond motifs is 1. The molecule has 6 nitrogen and oxygen atoms in total. The van der Waals surface area contributed by atoms with Gasteiger partial charge in [0, 0.05) is 23.5 Å². The van der Waals surface area contributed by atoms with Gasteiger partial charge in [0.2, 0.25) is 5.91 Å². The number of amides is 1. The number of benzene rings is 1. The quantitative estimate of drug-likeness (QED) is 0.593. The molecule has 0 atom stereocenters. The Morgan fingerprint density at radius 1 is 1.22 bits per heavy atom. The number of hydrogen-bond acceptors (Lipinski definition) is 4. The molecule has 8 heteroatoms. The Kier molecular flexibility index (Phi) is 4.15. The number of rotatable bonds is 4. The van der Waals surface area contributed by atoms with Gasteiger partial charge in [0.15, 0.2) is 17.3 Å². The minimum atomic E-state index is -1.03. The monoisotopic (exact) mass is 368 g/mol. The second-order valence-electron chi connectivity index (χ2n) is 5.95. The van der Waals surface area contributed by atoms with Gasteiger partial charge in [0.05, 0.1) is 17.3 Å². The molecule has 3 aromatic heterocycles. The number of carbonyl (C=O) groups excluding carboxylic acids is 1. The van der Waals surface area contributed by atoms with Crippen molar-refractivity contribution in [2.24, 2.45) is 0 Å². The smallest absolute Gasteiger partial charge is 0.246 e. The number of carbonyl (C=O) groups is 1. The van der Waals surface area contributed by atoms with Crippen LogP contribution in [0, 0.1) is 18.6 Å². The number of nitrogens with zero attached hydrogens (tertiary/aromatic N) is 3. The second kappa shape index (κ2) is 6.64. The average molecular weight is 368 g/mol. The fraction of sp³-hybridized carbons (Fsp3) is 0.105. The average Bonchev–Trinajstić information content (AvgIpc) is 3.27. The Bertz CT molecular complexity index is 1140. The molecular weight excluding hydrogens is 354 g/mol. The Balaban J connectivity index is 1.63. The van der Waals surface area contributed by atoms with Gasteiger partial charge in [-0.2, -0.15) is 5.10 Å².